The summed E-state index contributed by atoms with van der Waals surface area (Å²) in [7, 11) is 4.16. The number of benzene rings is 2. The number of nitrogens with zero attached hydrogens (tertiary/aromatic N) is 1. The third kappa shape index (κ3) is 3.58. The molecule has 1 atom stereocenters. The zero-order chi connectivity index (χ0) is 13.7. The van der Waals surface area contributed by atoms with Gasteiger partial charge in [0.05, 0.1) is 0 Å². The summed E-state index contributed by atoms with van der Waals surface area (Å²) in [6.07, 6.45) is 0. The molecule has 0 radical (unpaired) electrons. The minimum atomic E-state index is 0.340. The molecule has 0 aliphatic rings. The molecule has 0 saturated carbocycles. The average Bonchev–Trinajstić information content (AvgIpc) is 2.45. The van der Waals surface area contributed by atoms with Crippen molar-refractivity contribution < 1.29 is 0 Å². The van der Waals surface area contributed by atoms with Gasteiger partial charge in [0, 0.05) is 25.3 Å². The van der Waals surface area contributed by atoms with Crippen LogP contribution in [-0.2, 0) is 0 Å². The second kappa shape index (κ2) is 6.39. The van der Waals surface area contributed by atoms with Gasteiger partial charge >= 0.3 is 0 Å². The van der Waals surface area contributed by atoms with E-state index in [9.17, 15) is 0 Å². The molecule has 2 aromatic carbocycles. The van der Waals surface area contributed by atoms with E-state index >= 15 is 0 Å². The Morgan fingerprint density at radius 1 is 1.05 bits per heavy atom. The standard InChI is InChI=1S/C17H22N2/c1-14-8-7-11-16(12-14)19(3)13-17(18-2)15-9-5-4-6-10-15/h4-12,17-18H,13H2,1-3H3. The molecular formula is C17H22N2. The van der Waals surface area contributed by atoms with Crippen LogP contribution in [-0.4, -0.2) is 20.6 Å². The van der Waals surface area contributed by atoms with Crippen LogP contribution >= 0.6 is 0 Å². The van der Waals surface area contributed by atoms with E-state index in [0.29, 0.717) is 6.04 Å². The first-order chi connectivity index (χ1) is 9.20. The number of rotatable bonds is 5. The van der Waals surface area contributed by atoms with Crippen LogP contribution in [0.3, 0.4) is 0 Å². The molecular weight excluding hydrogens is 232 g/mol. The molecule has 2 nitrogen and oxygen atoms in total. The molecule has 2 heteroatoms. The molecule has 1 N–H and O–H groups in total. The van der Waals surface area contributed by atoms with Crippen LogP contribution in [0.5, 0.6) is 0 Å². The minimum absolute atomic E-state index is 0.340. The second-order valence-corrected chi connectivity index (χ2v) is 4.97. The zero-order valence-electron chi connectivity index (χ0n) is 11.9. The van der Waals surface area contributed by atoms with Crippen molar-refractivity contribution in [3.8, 4) is 0 Å². The van der Waals surface area contributed by atoms with Gasteiger partial charge in [0.1, 0.15) is 0 Å². The summed E-state index contributed by atoms with van der Waals surface area (Å²) in [6.45, 7) is 3.08. The fraction of sp³-hybridized carbons (Fsp3) is 0.294. The van der Waals surface area contributed by atoms with E-state index in [-0.39, 0.29) is 0 Å². The summed E-state index contributed by atoms with van der Waals surface area (Å²) >= 11 is 0. The molecule has 2 aromatic rings. The molecule has 0 aliphatic carbocycles. The van der Waals surface area contributed by atoms with E-state index in [1.54, 1.807) is 0 Å². The molecule has 0 saturated heterocycles. The van der Waals surface area contributed by atoms with Gasteiger partial charge in [0.15, 0.2) is 0 Å². The van der Waals surface area contributed by atoms with Crippen LogP contribution in [0.1, 0.15) is 17.2 Å². The molecule has 19 heavy (non-hydrogen) atoms. The Morgan fingerprint density at radius 2 is 1.79 bits per heavy atom. The van der Waals surface area contributed by atoms with Gasteiger partial charge in [-0.15, -0.1) is 0 Å². The van der Waals surface area contributed by atoms with Crippen LogP contribution in [0, 0.1) is 6.92 Å². The molecule has 0 heterocycles. The Kier molecular flexibility index (Phi) is 4.58. The maximum absolute atomic E-state index is 3.39. The van der Waals surface area contributed by atoms with Gasteiger partial charge in [-0.3, -0.25) is 0 Å². The van der Waals surface area contributed by atoms with Crippen LogP contribution < -0.4 is 10.2 Å². The maximum atomic E-state index is 3.39. The molecule has 0 aliphatic heterocycles. The van der Waals surface area contributed by atoms with E-state index < -0.39 is 0 Å². The lowest BCUT2D eigenvalue weighted by atomic mass is 10.1. The molecule has 0 spiro atoms. The first kappa shape index (κ1) is 13.6. The average molecular weight is 254 g/mol. The van der Waals surface area contributed by atoms with Gasteiger partial charge < -0.3 is 10.2 Å². The first-order valence-corrected chi connectivity index (χ1v) is 6.70. The normalized spacial score (nSPS) is 12.2. The smallest absolute Gasteiger partial charge is 0.0495 e. The lowest BCUT2D eigenvalue weighted by molar-refractivity contribution is 0.589. The minimum Gasteiger partial charge on any atom is -0.373 e. The highest BCUT2D eigenvalue weighted by molar-refractivity contribution is 5.48. The summed E-state index contributed by atoms with van der Waals surface area (Å²) in [5.41, 5.74) is 3.88. The molecule has 0 bridgehead atoms. The number of likely N-dealkylation sites (N-methyl/N-ethyl adjacent to an activating group) is 2. The Bertz CT molecular complexity index is 508. The Labute approximate surface area is 116 Å². The van der Waals surface area contributed by atoms with E-state index in [1.807, 2.05) is 7.05 Å². The van der Waals surface area contributed by atoms with Gasteiger partial charge in [-0.05, 0) is 37.2 Å². The topological polar surface area (TPSA) is 15.3 Å². The largest absolute Gasteiger partial charge is 0.373 e. The molecule has 0 fully saturated rings. The van der Waals surface area contributed by atoms with Crippen molar-refractivity contribution in [2.24, 2.45) is 0 Å². The fourth-order valence-corrected chi connectivity index (χ4v) is 2.29. The highest BCUT2D eigenvalue weighted by Gasteiger charge is 2.12. The summed E-state index contributed by atoms with van der Waals surface area (Å²) in [5.74, 6) is 0. The van der Waals surface area contributed by atoms with Crippen molar-refractivity contribution in [1.29, 1.82) is 0 Å². The van der Waals surface area contributed by atoms with E-state index in [2.05, 4.69) is 78.8 Å². The number of nitrogens with one attached hydrogen (secondary N) is 1. The van der Waals surface area contributed by atoms with Gasteiger partial charge in [0.25, 0.3) is 0 Å². The van der Waals surface area contributed by atoms with Crippen LogP contribution in [0.4, 0.5) is 5.69 Å². The van der Waals surface area contributed by atoms with E-state index in [0.717, 1.165) is 6.54 Å². The molecule has 0 amide bonds. The second-order valence-electron chi connectivity index (χ2n) is 4.97. The Hall–Kier alpha value is -1.80. The highest BCUT2D eigenvalue weighted by Crippen LogP contribution is 2.19. The number of anilines is 1. The maximum Gasteiger partial charge on any atom is 0.0495 e. The molecule has 2 rings (SSSR count). The van der Waals surface area contributed by atoms with Crippen molar-refractivity contribution >= 4 is 5.69 Å². The van der Waals surface area contributed by atoms with Crippen molar-refractivity contribution in [2.45, 2.75) is 13.0 Å². The van der Waals surface area contributed by atoms with Gasteiger partial charge in [-0.2, -0.15) is 0 Å². The van der Waals surface area contributed by atoms with E-state index in [1.165, 1.54) is 16.8 Å². The summed E-state index contributed by atoms with van der Waals surface area (Å²) < 4.78 is 0. The molecule has 0 aromatic heterocycles. The monoisotopic (exact) mass is 254 g/mol. The number of hydrogen-bond donors (Lipinski definition) is 1. The number of aryl methyl sites for hydroxylation is 1. The van der Waals surface area contributed by atoms with Crippen LogP contribution in [0.2, 0.25) is 0 Å². The van der Waals surface area contributed by atoms with Crippen LogP contribution in [0.15, 0.2) is 54.6 Å². The highest BCUT2D eigenvalue weighted by atomic mass is 15.1. The van der Waals surface area contributed by atoms with E-state index in [4.69, 9.17) is 0 Å². The molecule has 1 unspecified atom stereocenters. The predicted octanol–water partition coefficient (Wildman–Crippen LogP) is 3.39. The van der Waals surface area contributed by atoms with Crippen molar-refractivity contribution in [3.63, 3.8) is 0 Å². The van der Waals surface area contributed by atoms with Gasteiger partial charge in [-0.1, -0.05) is 42.5 Å². The van der Waals surface area contributed by atoms with Crippen molar-refractivity contribution in [2.75, 3.05) is 25.5 Å². The summed E-state index contributed by atoms with van der Waals surface area (Å²) in [6, 6.07) is 19.5. The van der Waals surface area contributed by atoms with Crippen molar-refractivity contribution in [3.05, 3.63) is 65.7 Å². The lowest BCUT2D eigenvalue weighted by Gasteiger charge is -2.26. The SMILES string of the molecule is CNC(CN(C)c1cccc(C)c1)c1ccccc1. The van der Waals surface area contributed by atoms with Crippen molar-refractivity contribution in [1.82, 2.24) is 5.32 Å². The quantitative estimate of drug-likeness (QED) is 0.880. The van der Waals surface area contributed by atoms with Gasteiger partial charge in [-0.25, -0.2) is 0 Å². The Morgan fingerprint density at radius 3 is 2.42 bits per heavy atom. The lowest BCUT2D eigenvalue weighted by Crippen LogP contribution is -2.31. The summed E-state index contributed by atoms with van der Waals surface area (Å²) in [5, 5.41) is 3.39. The van der Waals surface area contributed by atoms with Gasteiger partial charge in [0.2, 0.25) is 0 Å². The summed E-state index contributed by atoms with van der Waals surface area (Å²) in [4.78, 5) is 2.29. The predicted molar refractivity (Wildman–Crippen MR) is 82.7 cm³/mol. The first-order valence-electron chi connectivity index (χ1n) is 6.70. The fourth-order valence-electron chi connectivity index (χ4n) is 2.29. The van der Waals surface area contributed by atoms with Crippen LogP contribution in [0.25, 0.3) is 0 Å². The third-order valence-electron chi connectivity index (χ3n) is 3.45. The third-order valence-corrected chi connectivity index (χ3v) is 3.45. The zero-order valence-corrected chi connectivity index (χ0v) is 11.9. The number of hydrogen-bond acceptors (Lipinski definition) is 2. The molecule has 100 valence electrons. The Balaban J connectivity index is 2.10.